The summed E-state index contributed by atoms with van der Waals surface area (Å²) >= 11 is 0. The Morgan fingerprint density at radius 3 is 2.29 bits per heavy atom. The van der Waals surface area contributed by atoms with Crippen molar-refractivity contribution in [2.75, 3.05) is 16.5 Å². The maximum absolute atomic E-state index is 4.57. The minimum Gasteiger partial charge on any atom is -0.333 e. The van der Waals surface area contributed by atoms with Gasteiger partial charge >= 0.3 is 0 Å². The fourth-order valence-electron chi connectivity index (χ4n) is 3.10. The zero-order valence-corrected chi connectivity index (χ0v) is 13.9. The Balaban J connectivity index is 1.75. The fraction of sp³-hybridized carbons (Fsp3) is 0.200. The number of fused-ring (bicyclic) bond motifs is 1. The van der Waals surface area contributed by atoms with E-state index in [1.165, 1.54) is 11.1 Å². The van der Waals surface area contributed by atoms with E-state index in [2.05, 4.69) is 82.1 Å². The van der Waals surface area contributed by atoms with E-state index in [1.807, 2.05) is 6.07 Å². The van der Waals surface area contributed by atoms with Gasteiger partial charge in [-0.15, -0.1) is 0 Å². The summed E-state index contributed by atoms with van der Waals surface area (Å²) in [5, 5.41) is 0. The molecule has 3 aromatic rings. The molecule has 2 heterocycles. The summed E-state index contributed by atoms with van der Waals surface area (Å²) in [5.74, 6) is 1.88. The lowest BCUT2D eigenvalue weighted by atomic mass is 10.1. The second-order valence-corrected chi connectivity index (χ2v) is 6.25. The Labute approximate surface area is 142 Å². The van der Waals surface area contributed by atoms with Gasteiger partial charge < -0.3 is 9.80 Å². The van der Waals surface area contributed by atoms with Crippen molar-refractivity contribution in [2.45, 2.75) is 19.9 Å². The lowest BCUT2D eigenvalue weighted by Gasteiger charge is -2.24. The molecule has 24 heavy (non-hydrogen) atoms. The molecule has 1 aliphatic rings. The molecule has 4 heteroatoms. The van der Waals surface area contributed by atoms with Crippen LogP contribution >= 0.6 is 0 Å². The molecule has 4 rings (SSSR count). The molecule has 120 valence electrons. The third-order valence-corrected chi connectivity index (χ3v) is 4.37. The lowest BCUT2D eigenvalue weighted by Crippen LogP contribution is -2.33. The van der Waals surface area contributed by atoms with Crippen molar-refractivity contribution in [1.29, 1.82) is 0 Å². The third-order valence-electron chi connectivity index (χ3n) is 4.37. The summed E-state index contributed by atoms with van der Waals surface area (Å²) in [4.78, 5) is 13.6. The number of benzene rings is 2. The average molecular weight is 316 g/mol. The maximum Gasteiger partial charge on any atom is 0.178 e. The van der Waals surface area contributed by atoms with Crippen molar-refractivity contribution < 1.29 is 0 Å². The van der Waals surface area contributed by atoms with Crippen LogP contribution in [0.1, 0.15) is 13.8 Å². The number of nitrogens with zero attached hydrogens (tertiary/aromatic N) is 4. The predicted octanol–water partition coefficient (Wildman–Crippen LogP) is 4.47. The van der Waals surface area contributed by atoms with Crippen LogP contribution in [-0.4, -0.2) is 22.7 Å². The number of hydrogen-bond acceptors (Lipinski definition) is 4. The first kappa shape index (κ1) is 14.7. The van der Waals surface area contributed by atoms with E-state index < -0.39 is 0 Å². The van der Waals surface area contributed by atoms with E-state index in [0.29, 0.717) is 6.04 Å². The fourth-order valence-corrected chi connectivity index (χ4v) is 3.10. The summed E-state index contributed by atoms with van der Waals surface area (Å²) in [6, 6.07) is 19.4. The molecule has 0 unspecified atom stereocenters. The largest absolute Gasteiger partial charge is 0.333 e. The van der Waals surface area contributed by atoms with Crippen molar-refractivity contribution in [3.8, 4) is 11.1 Å². The molecule has 4 nitrogen and oxygen atoms in total. The van der Waals surface area contributed by atoms with Gasteiger partial charge in [-0.1, -0.05) is 42.5 Å². The molecule has 0 saturated heterocycles. The number of rotatable bonds is 3. The highest BCUT2D eigenvalue weighted by Gasteiger charge is 2.30. The van der Waals surface area contributed by atoms with Crippen molar-refractivity contribution in [3.63, 3.8) is 0 Å². The molecular formula is C20H20N4. The number of anilines is 3. The van der Waals surface area contributed by atoms with Crippen LogP contribution in [0.3, 0.4) is 0 Å². The third kappa shape index (κ3) is 2.50. The Morgan fingerprint density at radius 1 is 0.833 bits per heavy atom. The topological polar surface area (TPSA) is 32.3 Å². The highest BCUT2D eigenvalue weighted by molar-refractivity contribution is 5.79. The highest BCUT2D eigenvalue weighted by atomic mass is 15.4. The zero-order chi connectivity index (χ0) is 16.5. The van der Waals surface area contributed by atoms with Crippen LogP contribution < -0.4 is 9.80 Å². The first-order valence-corrected chi connectivity index (χ1v) is 8.25. The molecule has 2 aromatic carbocycles. The highest BCUT2D eigenvalue weighted by Crippen LogP contribution is 2.38. The van der Waals surface area contributed by atoms with E-state index >= 15 is 0 Å². The summed E-state index contributed by atoms with van der Waals surface area (Å²) in [5.41, 5.74) is 3.57. The van der Waals surface area contributed by atoms with E-state index in [4.69, 9.17) is 0 Å². The molecule has 0 bridgehead atoms. The van der Waals surface area contributed by atoms with Crippen LogP contribution in [0.15, 0.2) is 67.0 Å². The molecule has 0 saturated carbocycles. The van der Waals surface area contributed by atoms with Crippen molar-refractivity contribution in [3.05, 3.63) is 67.0 Å². The summed E-state index contributed by atoms with van der Waals surface area (Å²) in [6.07, 6.45) is 3.52. The van der Waals surface area contributed by atoms with E-state index in [0.717, 1.165) is 24.0 Å². The van der Waals surface area contributed by atoms with Crippen LogP contribution in [0.5, 0.6) is 0 Å². The van der Waals surface area contributed by atoms with Gasteiger partial charge in [0.25, 0.3) is 0 Å². The molecule has 1 aromatic heterocycles. The quantitative estimate of drug-likeness (QED) is 0.714. The number of aromatic nitrogens is 2. The van der Waals surface area contributed by atoms with Crippen molar-refractivity contribution >= 4 is 17.3 Å². The lowest BCUT2D eigenvalue weighted by molar-refractivity contribution is 0.702. The first-order valence-electron chi connectivity index (χ1n) is 8.25. The minimum absolute atomic E-state index is 0.378. The molecule has 0 atom stereocenters. The van der Waals surface area contributed by atoms with Crippen LogP contribution in [0.25, 0.3) is 11.1 Å². The van der Waals surface area contributed by atoms with E-state index in [9.17, 15) is 0 Å². The Kier molecular flexibility index (Phi) is 3.65. The zero-order valence-electron chi connectivity index (χ0n) is 13.9. The average Bonchev–Trinajstić information content (AvgIpc) is 3.03. The van der Waals surface area contributed by atoms with Crippen molar-refractivity contribution in [1.82, 2.24) is 9.97 Å². The van der Waals surface area contributed by atoms with Gasteiger partial charge in [0.1, 0.15) is 0 Å². The normalized spacial score (nSPS) is 13.5. The smallest absolute Gasteiger partial charge is 0.178 e. The molecule has 0 fully saturated rings. The molecule has 0 N–H and O–H groups in total. The van der Waals surface area contributed by atoms with Gasteiger partial charge in [0.05, 0.1) is 6.67 Å². The van der Waals surface area contributed by atoms with Gasteiger partial charge in [-0.25, -0.2) is 9.97 Å². The van der Waals surface area contributed by atoms with Crippen LogP contribution in [0, 0.1) is 0 Å². The summed E-state index contributed by atoms with van der Waals surface area (Å²) in [7, 11) is 0. The minimum atomic E-state index is 0.378. The van der Waals surface area contributed by atoms with Gasteiger partial charge in [-0.05, 0) is 37.1 Å². The van der Waals surface area contributed by atoms with Crippen LogP contribution in [-0.2, 0) is 0 Å². The molecule has 0 amide bonds. The molecule has 0 radical (unpaired) electrons. The second kappa shape index (κ2) is 5.96. The van der Waals surface area contributed by atoms with Gasteiger partial charge in [0, 0.05) is 24.1 Å². The second-order valence-electron chi connectivity index (χ2n) is 6.25. The maximum atomic E-state index is 4.57. The first-order chi connectivity index (χ1) is 11.7. The van der Waals surface area contributed by atoms with E-state index in [-0.39, 0.29) is 0 Å². The van der Waals surface area contributed by atoms with Crippen LogP contribution in [0.2, 0.25) is 0 Å². The summed E-state index contributed by atoms with van der Waals surface area (Å²) in [6.45, 7) is 5.14. The van der Waals surface area contributed by atoms with Gasteiger partial charge in [0.2, 0.25) is 0 Å². The van der Waals surface area contributed by atoms with Crippen LogP contribution in [0.4, 0.5) is 17.3 Å². The predicted molar refractivity (Wildman–Crippen MR) is 98.5 cm³/mol. The SMILES string of the molecule is CC(C)N1CN(c2cccc(-c3ccccc3)c2)c2nccnc21. The Hall–Kier alpha value is -2.88. The molecule has 1 aliphatic heterocycles. The number of hydrogen-bond donors (Lipinski definition) is 0. The molecule has 0 spiro atoms. The van der Waals surface area contributed by atoms with E-state index in [1.54, 1.807) is 12.4 Å². The Morgan fingerprint density at radius 2 is 1.54 bits per heavy atom. The van der Waals surface area contributed by atoms with Gasteiger partial charge in [-0.2, -0.15) is 0 Å². The standard InChI is InChI=1S/C20H20N4/c1-15(2)23-14-24(20-19(23)21-11-12-22-20)18-10-6-9-17(13-18)16-7-4-3-5-8-16/h3-13,15H,14H2,1-2H3. The van der Waals surface area contributed by atoms with Crippen molar-refractivity contribution in [2.24, 2.45) is 0 Å². The molecule has 0 aliphatic carbocycles. The summed E-state index contributed by atoms with van der Waals surface area (Å²) < 4.78 is 0. The molecular weight excluding hydrogens is 296 g/mol. The van der Waals surface area contributed by atoms with Gasteiger partial charge in [0.15, 0.2) is 11.6 Å². The van der Waals surface area contributed by atoms with Gasteiger partial charge in [-0.3, -0.25) is 0 Å². The Bertz CT molecular complexity index is 845. The monoisotopic (exact) mass is 316 g/mol.